The molecule has 0 aliphatic carbocycles. The fourth-order valence-electron chi connectivity index (χ4n) is 1.61. The highest BCUT2D eigenvalue weighted by Crippen LogP contribution is 2.52. The minimum absolute atomic E-state index is 0.0393. The first-order valence-electron chi connectivity index (χ1n) is 5.88. The van der Waals surface area contributed by atoms with Crippen LogP contribution in [-0.2, 0) is 26.0 Å². The minimum Gasteiger partial charge on any atom is -0.404 e. The molecule has 22 heavy (non-hydrogen) atoms. The molecule has 0 unspecified atom stereocenters. The molecule has 0 N–H and O–H groups in total. The van der Waals surface area contributed by atoms with Gasteiger partial charge in [-0.05, 0) is 24.6 Å². The van der Waals surface area contributed by atoms with Gasteiger partial charge in [-0.1, -0.05) is 0 Å². The third-order valence-electron chi connectivity index (χ3n) is 2.57. The van der Waals surface area contributed by atoms with E-state index < -0.39 is 37.1 Å². The number of rotatable bonds is 2. The van der Waals surface area contributed by atoms with Crippen molar-refractivity contribution in [3.8, 4) is 5.75 Å². The number of phosphoric ester groups is 1. The molecule has 0 amide bonds. The normalized spacial score (nSPS) is 19.0. The molecule has 0 aromatic heterocycles. The average Bonchev–Trinajstić information content (AvgIpc) is 2.36. The molecule has 4 nitrogen and oxygen atoms in total. The lowest BCUT2D eigenvalue weighted by atomic mass is 10.1. The Morgan fingerprint density at radius 3 is 1.77 bits per heavy atom. The Kier molecular flexibility index (Phi) is 4.47. The maximum absolute atomic E-state index is 12.7. The Bertz CT molecular complexity index is 555. The lowest BCUT2D eigenvalue weighted by Crippen LogP contribution is -2.14. The van der Waals surface area contributed by atoms with Gasteiger partial charge in [0.05, 0.1) is 24.3 Å². The number of hydrogen-bond acceptors (Lipinski definition) is 4. The Morgan fingerprint density at radius 1 is 0.909 bits per heavy atom. The molecule has 1 aromatic carbocycles. The average molecular weight is 350 g/mol. The molecule has 1 fully saturated rings. The molecule has 0 spiro atoms. The third-order valence-corrected chi connectivity index (χ3v) is 4.00. The summed E-state index contributed by atoms with van der Waals surface area (Å²) in [5, 5.41) is 0. The maximum Gasteiger partial charge on any atom is 0.530 e. The largest absolute Gasteiger partial charge is 0.530 e. The van der Waals surface area contributed by atoms with Crippen LogP contribution in [0.2, 0.25) is 0 Å². The molecule has 0 saturated carbocycles. The van der Waals surface area contributed by atoms with Crippen molar-refractivity contribution in [3.05, 3.63) is 29.3 Å². The molecule has 1 saturated heterocycles. The van der Waals surface area contributed by atoms with Crippen LogP contribution in [0.25, 0.3) is 0 Å². The Labute approximate surface area is 120 Å². The molecule has 0 atom stereocenters. The van der Waals surface area contributed by atoms with Gasteiger partial charge in [-0.2, -0.15) is 26.3 Å². The molecule has 1 aliphatic rings. The van der Waals surface area contributed by atoms with Gasteiger partial charge in [0, 0.05) is 0 Å². The van der Waals surface area contributed by atoms with Crippen molar-refractivity contribution >= 4 is 7.82 Å². The van der Waals surface area contributed by atoms with Crippen LogP contribution in [0.3, 0.4) is 0 Å². The van der Waals surface area contributed by atoms with Crippen LogP contribution >= 0.6 is 7.82 Å². The molecule has 1 aromatic rings. The summed E-state index contributed by atoms with van der Waals surface area (Å²) in [6.45, 7) is -0.0786. The SMILES string of the molecule is O=P1(Oc2cc(C(F)(F)F)cc(C(F)(F)F)c2)OCCCO1. The highest BCUT2D eigenvalue weighted by molar-refractivity contribution is 7.49. The molecular formula is C11H9F6O4P. The first-order valence-corrected chi connectivity index (χ1v) is 7.34. The van der Waals surface area contributed by atoms with Gasteiger partial charge < -0.3 is 4.52 Å². The molecular weight excluding hydrogens is 341 g/mol. The zero-order chi connectivity index (χ0) is 16.6. The predicted molar refractivity (Wildman–Crippen MR) is 61.2 cm³/mol. The number of alkyl halides is 6. The number of halogens is 6. The zero-order valence-corrected chi connectivity index (χ0v) is 11.6. The topological polar surface area (TPSA) is 44.8 Å². The fraction of sp³-hybridized carbons (Fsp3) is 0.455. The van der Waals surface area contributed by atoms with E-state index in [1.165, 1.54) is 0 Å². The van der Waals surface area contributed by atoms with Gasteiger partial charge in [-0.25, -0.2) is 4.57 Å². The smallest absolute Gasteiger partial charge is 0.404 e. The molecule has 2 rings (SSSR count). The Balaban J connectivity index is 2.40. The summed E-state index contributed by atoms with van der Waals surface area (Å²) >= 11 is 0. The predicted octanol–water partition coefficient (Wildman–Crippen LogP) is 4.65. The van der Waals surface area contributed by atoms with Gasteiger partial charge in [-0.15, -0.1) is 0 Å². The van der Waals surface area contributed by atoms with Crippen molar-refractivity contribution in [2.24, 2.45) is 0 Å². The van der Waals surface area contributed by atoms with Crippen LogP contribution in [-0.4, -0.2) is 13.2 Å². The van der Waals surface area contributed by atoms with Crippen LogP contribution in [0.1, 0.15) is 17.5 Å². The van der Waals surface area contributed by atoms with Crippen LogP contribution in [0.5, 0.6) is 5.75 Å². The van der Waals surface area contributed by atoms with Crippen molar-refractivity contribution in [1.82, 2.24) is 0 Å². The van der Waals surface area contributed by atoms with Crippen LogP contribution in [0.4, 0.5) is 26.3 Å². The Morgan fingerprint density at radius 2 is 1.36 bits per heavy atom. The molecule has 11 heteroatoms. The van der Waals surface area contributed by atoms with Crippen LogP contribution < -0.4 is 4.52 Å². The lowest BCUT2D eigenvalue weighted by Gasteiger charge is -2.23. The summed E-state index contributed by atoms with van der Waals surface area (Å²) in [5.74, 6) is -0.896. The summed E-state index contributed by atoms with van der Waals surface area (Å²) in [5.41, 5.74) is -3.16. The standard InChI is InChI=1S/C11H9F6O4P/c12-10(13,14)7-4-8(11(15,16)17)6-9(5-7)21-22(18)19-2-1-3-20-22/h4-6H,1-3H2. The van der Waals surface area contributed by atoms with Gasteiger partial charge in [-0.3, -0.25) is 9.05 Å². The quantitative estimate of drug-likeness (QED) is 0.575. The molecule has 0 bridgehead atoms. The van der Waals surface area contributed by atoms with Gasteiger partial charge in [0.15, 0.2) is 0 Å². The summed E-state index contributed by atoms with van der Waals surface area (Å²) < 4.78 is 102. The summed E-state index contributed by atoms with van der Waals surface area (Å²) in [4.78, 5) is 0. The Hall–Kier alpha value is -1.25. The van der Waals surface area contributed by atoms with Gasteiger partial charge in [0.1, 0.15) is 5.75 Å². The van der Waals surface area contributed by atoms with Crippen LogP contribution in [0.15, 0.2) is 18.2 Å². The van der Waals surface area contributed by atoms with Crippen molar-refractivity contribution in [2.45, 2.75) is 18.8 Å². The lowest BCUT2D eigenvalue weighted by molar-refractivity contribution is -0.143. The van der Waals surface area contributed by atoms with E-state index in [2.05, 4.69) is 13.6 Å². The van der Waals surface area contributed by atoms with E-state index in [1.54, 1.807) is 0 Å². The number of phosphoric acid groups is 1. The molecule has 1 heterocycles. The first-order chi connectivity index (χ1) is 10.00. The van der Waals surface area contributed by atoms with Gasteiger partial charge in [0.2, 0.25) is 0 Å². The van der Waals surface area contributed by atoms with E-state index in [-0.39, 0.29) is 19.3 Å². The number of hydrogen-bond donors (Lipinski definition) is 0. The van der Waals surface area contributed by atoms with Crippen molar-refractivity contribution in [2.75, 3.05) is 13.2 Å². The van der Waals surface area contributed by atoms with E-state index in [4.69, 9.17) is 0 Å². The van der Waals surface area contributed by atoms with E-state index >= 15 is 0 Å². The second-order valence-corrected chi connectivity index (χ2v) is 5.89. The monoisotopic (exact) mass is 350 g/mol. The zero-order valence-electron chi connectivity index (χ0n) is 10.7. The van der Waals surface area contributed by atoms with Gasteiger partial charge >= 0.3 is 20.2 Å². The van der Waals surface area contributed by atoms with Gasteiger partial charge in [0.25, 0.3) is 0 Å². The van der Waals surface area contributed by atoms with Crippen LogP contribution in [0, 0.1) is 0 Å². The summed E-state index contributed by atoms with van der Waals surface area (Å²) in [6.07, 6.45) is -9.67. The van der Waals surface area contributed by atoms with E-state index in [0.29, 0.717) is 18.6 Å². The second-order valence-electron chi connectivity index (χ2n) is 4.30. The highest BCUT2D eigenvalue weighted by Gasteiger charge is 2.39. The minimum atomic E-state index is -5.03. The number of benzene rings is 1. The summed E-state index contributed by atoms with van der Waals surface area (Å²) in [7, 11) is -4.21. The fourth-order valence-corrected chi connectivity index (χ4v) is 2.86. The van der Waals surface area contributed by atoms with Crippen molar-refractivity contribution in [1.29, 1.82) is 0 Å². The van der Waals surface area contributed by atoms with E-state index in [9.17, 15) is 30.9 Å². The first kappa shape index (κ1) is 17.1. The van der Waals surface area contributed by atoms with E-state index in [0.717, 1.165) is 0 Å². The van der Waals surface area contributed by atoms with E-state index in [1.807, 2.05) is 0 Å². The molecule has 1 aliphatic heterocycles. The highest BCUT2D eigenvalue weighted by atomic mass is 31.2. The van der Waals surface area contributed by atoms with Crippen molar-refractivity contribution < 1.29 is 44.5 Å². The summed E-state index contributed by atoms with van der Waals surface area (Å²) in [6, 6.07) is 0.539. The second kappa shape index (κ2) is 5.75. The third kappa shape index (κ3) is 4.15. The van der Waals surface area contributed by atoms with Crippen molar-refractivity contribution in [3.63, 3.8) is 0 Å². The molecule has 0 radical (unpaired) electrons. The maximum atomic E-state index is 12.7. The molecule has 124 valence electrons.